The molecule has 13 heavy (non-hydrogen) atoms. The van der Waals surface area contributed by atoms with Gasteiger partial charge in [0.15, 0.2) is 6.10 Å². The molecule has 0 aliphatic heterocycles. The molecular weight excluding hydrogens is 351 g/mol. The third-order valence-electron chi connectivity index (χ3n) is 1.51. The zero-order valence-electron chi connectivity index (χ0n) is 6.37. The Balaban J connectivity index is 3.20. The van der Waals surface area contributed by atoms with Crippen molar-refractivity contribution in [2.24, 2.45) is 0 Å². The smallest absolute Gasteiger partial charge is 0.337 e. The maximum Gasteiger partial charge on any atom is 0.337 e. The van der Waals surface area contributed by atoms with Gasteiger partial charge in [-0.3, -0.25) is 0 Å². The molecule has 0 aliphatic carbocycles. The Bertz CT molecular complexity index is 320. The standard InChI is InChI=1S/C8H6BrIO3/c9-4-2-1-3-5(10)6(4)7(11)8(12)13/h1-3,7,11H,(H,12,13). The van der Waals surface area contributed by atoms with E-state index in [0.29, 0.717) is 10.0 Å². The van der Waals surface area contributed by atoms with Gasteiger partial charge in [0.1, 0.15) is 0 Å². The third-order valence-corrected chi connectivity index (χ3v) is 3.14. The fourth-order valence-corrected chi connectivity index (χ4v) is 2.64. The summed E-state index contributed by atoms with van der Waals surface area (Å²) in [5, 5.41) is 17.9. The molecule has 1 rings (SSSR count). The number of halogens is 2. The summed E-state index contributed by atoms with van der Waals surface area (Å²) in [7, 11) is 0. The van der Waals surface area contributed by atoms with Crippen molar-refractivity contribution in [3.63, 3.8) is 0 Å². The van der Waals surface area contributed by atoms with E-state index in [9.17, 15) is 9.90 Å². The van der Waals surface area contributed by atoms with E-state index in [4.69, 9.17) is 5.11 Å². The molecule has 0 spiro atoms. The first-order chi connectivity index (χ1) is 6.04. The first kappa shape index (κ1) is 10.9. The van der Waals surface area contributed by atoms with Crippen LogP contribution in [0.25, 0.3) is 0 Å². The Morgan fingerprint density at radius 3 is 2.62 bits per heavy atom. The number of benzene rings is 1. The van der Waals surface area contributed by atoms with Crippen LogP contribution < -0.4 is 0 Å². The molecule has 2 N–H and O–H groups in total. The van der Waals surface area contributed by atoms with E-state index in [0.717, 1.165) is 3.57 Å². The monoisotopic (exact) mass is 356 g/mol. The van der Waals surface area contributed by atoms with Crippen molar-refractivity contribution in [2.75, 3.05) is 0 Å². The van der Waals surface area contributed by atoms with Crippen LogP contribution in [0.2, 0.25) is 0 Å². The molecule has 0 bridgehead atoms. The van der Waals surface area contributed by atoms with Crippen LogP contribution >= 0.6 is 38.5 Å². The lowest BCUT2D eigenvalue weighted by molar-refractivity contribution is -0.147. The van der Waals surface area contributed by atoms with Crippen LogP contribution in [-0.4, -0.2) is 16.2 Å². The Morgan fingerprint density at radius 1 is 1.54 bits per heavy atom. The van der Waals surface area contributed by atoms with Crippen LogP contribution in [0.4, 0.5) is 0 Å². The van der Waals surface area contributed by atoms with Gasteiger partial charge in [-0.25, -0.2) is 4.79 Å². The number of carboxylic acid groups (broad SMARTS) is 1. The highest BCUT2D eigenvalue weighted by Crippen LogP contribution is 2.28. The SMILES string of the molecule is O=C(O)C(O)c1c(Br)cccc1I. The molecule has 0 aromatic heterocycles. The maximum absolute atomic E-state index is 10.5. The number of hydrogen-bond donors (Lipinski definition) is 2. The average molecular weight is 357 g/mol. The van der Waals surface area contributed by atoms with E-state index < -0.39 is 12.1 Å². The number of hydrogen-bond acceptors (Lipinski definition) is 2. The highest BCUT2D eigenvalue weighted by molar-refractivity contribution is 14.1. The molecule has 1 atom stereocenters. The maximum atomic E-state index is 10.5. The van der Waals surface area contributed by atoms with Crippen molar-refractivity contribution in [2.45, 2.75) is 6.10 Å². The molecule has 0 fully saturated rings. The molecule has 0 amide bonds. The minimum atomic E-state index is -1.47. The van der Waals surface area contributed by atoms with E-state index in [-0.39, 0.29) is 0 Å². The molecule has 0 saturated heterocycles. The molecular formula is C8H6BrIO3. The highest BCUT2D eigenvalue weighted by atomic mass is 127. The summed E-state index contributed by atoms with van der Waals surface area (Å²) in [5.74, 6) is -1.25. The van der Waals surface area contributed by atoms with Crippen LogP contribution in [0.1, 0.15) is 11.7 Å². The largest absolute Gasteiger partial charge is 0.479 e. The van der Waals surface area contributed by atoms with Crippen LogP contribution in [0, 0.1) is 3.57 Å². The number of carbonyl (C=O) groups is 1. The second-order valence-corrected chi connectivity index (χ2v) is 4.39. The van der Waals surface area contributed by atoms with Gasteiger partial charge in [0.2, 0.25) is 0 Å². The van der Waals surface area contributed by atoms with E-state index in [1.165, 1.54) is 0 Å². The third kappa shape index (κ3) is 2.41. The van der Waals surface area contributed by atoms with Crippen molar-refractivity contribution in [3.8, 4) is 0 Å². The summed E-state index contributed by atoms with van der Waals surface area (Å²) >= 11 is 5.17. The second kappa shape index (κ2) is 4.39. The molecule has 0 radical (unpaired) electrons. The number of aliphatic hydroxyl groups excluding tert-OH is 1. The number of carboxylic acids is 1. The molecule has 0 heterocycles. The van der Waals surface area contributed by atoms with E-state index >= 15 is 0 Å². The lowest BCUT2D eigenvalue weighted by Gasteiger charge is -2.09. The predicted molar refractivity (Wildman–Crippen MR) is 59.5 cm³/mol. The van der Waals surface area contributed by atoms with Gasteiger partial charge < -0.3 is 10.2 Å². The second-order valence-electron chi connectivity index (χ2n) is 2.38. The normalized spacial score (nSPS) is 12.5. The molecule has 70 valence electrons. The molecule has 1 unspecified atom stereocenters. The highest BCUT2D eigenvalue weighted by Gasteiger charge is 2.20. The van der Waals surface area contributed by atoms with E-state index in [1.54, 1.807) is 18.2 Å². The molecule has 1 aromatic carbocycles. The lowest BCUT2D eigenvalue weighted by Crippen LogP contribution is -2.12. The van der Waals surface area contributed by atoms with Crippen molar-refractivity contribution in [1.29, 1.82) is 0 Å². The lowest BCUT2D eigenvalue weighted by atomic mass is 10.1. The Hall–Kier alpha value is -0.140. The number of rotatable bonds is 2. The summed E-state index contributed by atoms with van der Waals surface area (Å²) in [6, 6.07) is 5.22. The summed E-state index contributed by atoms with van der Waals surface area (Å²) in [6.45, 7) is 0. The van der Waals surface area contributed by atoms with Gasteiger partial charge >= 0.3 is 5.97 Å². The van der Waals surface area contributed by atoms with Crippen molar-refractivity contribution >= 4 is 44.5 Å². The molecule has 0 saturated carbocycles. The minimum Gasteiger partial charge on any atom is -0.479 e. The predicted octanol–water partition coefficient (Wildman–Crippen LogP) is 2.17. The van der Waals surface area contributed by atoms with E-state index in [1.807, 2.05) is 22.6 Å². The number of aliphatic carboxylic acids is 1. The molecule has 5 heteroatoms. The summed E-state index contributed by atoms with van der Waals surface area (Å²) in [4.78, 5) is 10.5. The quantitative estimate of drug-likeness (QED) is 0.798. The minimum absolute atomic E-state index is 0.399. The molecule has 1 aromatic rings. The Labute approximate surface area is 97.0 Å². The van der Waals surface area contributed by atoms with Gasteiger partial charge in [-0.15, -0.1) is 0 Å². The van der Waals surface area contributed by atoms with Crippen LogP contribution in [-0.2, 0) is 4.79 Å². The fourth-order valence-electron chi connectivity index (χ4n) is 0.895. The van der Waals surface area contributed by atoms with Crippen LogP contribution in [0.3, 0.4) is 0 Å². The van der Waals surface area contributed by atoms with Gasteiger partial charge in [-0.05, 0) is 34.7 Å². The van der Waals surface area contributed by atoms with Crippen molar-refractivity contribution < 1.29 is 15.0 Å². The van der Waals surface area contributed by atoms with E-state index in [2.05, 4.69) is 15.9 Å². The summed E-state index contributed by atoms with van der Waals surface area (Å²) < 4.78 is 1.33. The Kier molecular flexibility index (Phi) is 3.69. The summed E-state index contributed by atoms with van der Waals surface area (Å²) in [5.41, 5.74) is 0.399. The van der Waals surface area contributed by atoms with Crippen LogP contribution in [0.5, 0.6) is 0 Å². The van der Waals surface area contributed by atoms with Gasteiger partial charge in [-0.1, -0.05) is 22.0 Å². The van der Waals surface area contributed by atoms with Crippen LogP contribution in [0.15, 0.2) is 22.7 Å². The summed E-state index contributed by atoms with van der Waals surface area (Å²) in [6.07, 6.45) is -1.47. The first-order valence-electron chi connectivity index (χ1n) is 3.39. The van der Waals surface area contributed by atoms with Gasteiger partial charge in [0.05, 0.1) is 0 Å². The topological polar surface area (TPSA) is 57.5 Å². The number of aliphatic hydroxyl groups is 1. The van der Waals surface area contributed by atoms with Gasteiger partial charge in [0.25, 0.3) is 0 Å². The van der Waals surface area contributed by atoms with Crippen molar-refractivity contribution in [3.05, 3.63) is 31.8 Å². The van der Waals surface area contributed by atoms with Gasteiger partial charge in [0, 0.05) is 13.6 Å². The van der Waals surface area contributed by atoms with Gasteiger partial charge in [-0.2, -0.15) is 0 Å². The molecule has 0 aliphatic rings. The fraction of sp³-hybridized carbons (Fsp3) is 0.125. The molecule has 3 nitrogen and oxygen atoms in total. The Morgan fingerprint density at radius 2 is 2.15 bits per heavy atom. The zero-order chi connectivity index (χ0) is 10.0. The first-order valence-corrected chi connectivity index (χ1v) is 5.26. The zero-order valence-corrected chi connectivity index (χ0v) is 10.1. The van der Waals surface area contributed by atoms with Crippen molar-refractivity contribution in [1.82, 2.24) is 0 Å². The average Bonchev–Trinajstić information content (AvgIpc) is 2.03.